The Morgan fingerprint density at radius 1 is 1.14 bits per heavy atom. The zero-order valence-electron chi connectivity index (χ0n) is 16.6. The summed E-state index contributed by atoms with van der Waals surface area (Å²) < 4.78 is 2.61. The molecule has 0 saturated heterocycles. The smallest absolute Gasteiger partial charge is 0.332 e. The Bertz CT molecular complexity index is 1090. The molecule has 0 amide bonds. The van der Waals surface area contributed by atoms with Gasteiger partial charge in [-0.05, 0) is 26.2 Å². The molecule has 0 aromatic carbocycles. The predicted molar refractivity (Wildman–Crippen MR) is 110 cm³/mol. The van der Waals surface area contributed by atoms with Crippen molar-refractivity contribution >= 4 is 11.5 Å². The molecule has 148 valence electrons. The molecule has 0 bridgehead atoms. The van der Waals surface area contributed by atoms with Crippen LogP contribution in [0.25, 0.3) is 0 Å². The molecule has 1 aliphatic carbocycles. The van der Waals surface area contributed by atoms with Crippen molar-refractivity contribution in [1.29, 1.82) is 0 Å². The first kappa shape index (κ1) is 18.3. The van der Waals surface area contributed by atoms with Gasteiger partial charge >= 0.3 is 5.69 Å². The zero-order valence-corrected chi connectivity index (χ0v) is 16.6. The molecule has 8 heteroatoms. The molecule has 0 fully saturated rings. The number of imidazole rings is 1. The van der Waals surface area contributed by atoms with Crippen molar-refractivity contribution in [1.82, 2.24) is 19.1 Å². The molecule has 3 heterocycles. The molecule has 2 aliphatic rings. The van der Waals surface area contributed by atoms with Gasteiger partial charge in [-0.3, -0.25) is 13.9 Å². The van der Waals surface area contributed by atoms with E-state index in [1.807, 2.05) is 11.1 Å². The lowest BCUT2D eigenvalue weighted by Gasteiger charge is -2.16. The van der Waals surface area contributed by atoms with Crippen LogP contribution >= 0.6 is 0 Å². The zero-order chi connectivity index (χ0) is 19.8. The number of allylic oxidation sites excluding steroid dienone is 4. The molecule has 28 heavy (non-hydrogen) atoms. The second-order valence-corrected chi connectivity index (χ2v) is 7.66. The summed E-state index contributed by atoms with van der Waals surface area (Å²) in [5.41, 5.74) is 3.80. The quantitative estimate of drug-likeness (QED) is 0.842. The third kappa shape index (κ3) is 3.30. The van der Waals surface area contributed by atoms with Gasteiger partial charge in [0.25, 0.3) is 5.56 Å². The Morgan fingerprint density at radius 2 is 1.96 bits per heavy atom. The molecule has 0 spiro atoms. The van der Waals surface area contributed by atoms with Gasteiger partial charge in [0, 0.05) is 32.4 Å². The monoisotopic (exact) mass is 382 g/mol. The van der Waals surface area contributed by atoms with Crippen molar-refractivity contribution < 1.29 is 0 Å². The maximum Gasteiger partial charge on any atom is 0.332 e. The third-order valence-corrected chi connectivity index (χ3v) is 5.51. The number of aromatic amines is 1. The van der Waals surface area contributed by atoms with E-state index in [1.54, 1.807) is 7.05 Å². The van der Waals surface area contributed by atoms with Gasteiger partial charge in [0.2, 0.25) is 0 Å². The number of hydrogen-bond donors (Lipinski definition) is 2. The van der Waals surface area contributed by atoms with Crippen LogP contribution in [-0.4, -0.2) is 25.8 Å². The summed E-state index contributed by atoms with van der Waals surface area (Å²) in [6.45, 7) is 3.12. The summed E-state index contributed by atoms with van der Waals surface area (Å²) in [5.74, 6) is 1.37. The van der Waals surface area contributed by atoms with E-state index in [0.717, 1.165) is 35.3 Å². The summed E-state index contributed by atoms with van der Waals surface area (Å²) in [6, 6.07) is 0. The second kappa shape index (κ2) is 7.18. The standard InChI is InChI=1S/C20H26N6O2/c1-13-5-4-6-14(8-7-13)9-15-10-21-16(23-15)11-26-12-22-18-17(26)19(27)25(3)20(28)24(18)2/h7-8,10,22H,4-6,9,11-12H2,1-3H3,(H,21,23). The van der Waals surface area contributed by atoms with E-state index in [4.69, 9.17) is 0 Å². The summed E-state index contributed by atoms with van der Waals surface area (Å²) >= 11 is 0. The number of aromatic nitrogens is 4. The number of nitrogens with one attached hydrogen (secondary N) is 2. The fraction of sp³-hybridized carbons (Fsp3) is 0.450. The van der Waals surface area contributed by atoms with Crippen LogP contribution in [-0.2, 0) is 27.1 Å². The van der Waals surface area contributed by atoms with Gasteiger partial charge < -0.3 is 15.2 Å². The van der Waals surface area contributed by atoms with Gasteiger partial charge in [-0.2, -0.15) is 0 Å². The van der Waals surface area contributed by atoms with E-state index in [-0.39, 0.29) is 11.2 Å². The van der Waals surface area contributed by atoms with E-state index in [2.05, 4.69) is 34.4 Å². The minimum absolute atomic E-state index is 0.291. The molecular formula is C20H26N6O2. The largest absolute Gasteiger partial charge is 0.352 e. The van der Waals surface area contributed by atoms with Crippen molar-refractivity contribution in [2.75, 3.05) is 16.9 Å². The SMILES string of the molecule is CC1=CC=C(Cc2cnc(CN3CNc4c3c(=O)n(C)c(=O)n4C)[nH]2)CCC1. The molecule has 0 saturated carbocycles. The highest BCUT2D eigenvalue weighted by Gasteiger charge is 2.27. The van der Waals surface area contributed by atoms with Crippen LogP contribution in [0.4, 0.5) is 11.5 Å². The first-order valence-electron chi connectivity index (χ1n) is 9.61. The minimum atomic E-state index is -0.334. The Kier molecular flexibility index (Phi) is 4.70. The van der Waals surface area contributed by atoms with Crippen LogP contribution in [0.1, 0.15) is 37.7 Å². The van der Waals surface area contributed by atoms with E-state index >= 15 is 0 Å². The van der Waals surface area contributed by atoms with Crippen LogP contribution in [0.2, 0.25) is 0 Å². The van der Waals surface area contributed by atoms with Crippen molar-refractivity contribution in [3.05, 3.63) is 61.9 Å². The average Bonchev–Trinajstić information content (AvgIpc) is 3.24. The van der Waals surface area contributed by atoms with Gasteiger partial charge in [-0.25, -0.2) is 9.78 Å². The van der Waals surface area contributed by atoms with E-state index in [9.17, 15) is 9.59 Å². The summed E-state index contributed by atoms with van der Waals surface area (Å²) in [7, 11) is 3.17. The lowest BCUT2D eigenvalue weighted by Crippen LogP contribution is -2.39. The Balaban J connectivity index is 1.52. The number of fused-ring (bicyclic) bond motifs is 1. The molecule has 2 aromatic heterocycles. The van der Waals surface area contributed by atoms with Crippen molar-refractivity contribution in [2.45, 2.75) is 39.2 Å². The normalized spacial score (nSPS) is 16.3. The minimum Gasteiger partial charge on any atom is -0.352 e. The highest BCUT2D eigenvalue weighted by atomic mass is 16.2. The molecule has 0 atom stereocenters. The number of nitrogens with zero attached hydrogens (tertiary/aromatic N) is 4. The maximum absolute atomic E-state index is 12.6. The number of H-pyrrole nitrogens is 1. The molecule has 1 aliphatic heterocycles. The fourth-order valence-corrected chi connectivity index (χ4v) is 3.87. The van der Waals surface area contributed by atoms with E-state index in [1.165, 1.54) is 29.2 Å². The van der Waals surface area contributed by atoms with Crippen LogP contribution in [0, 0.1) is 0 Å². The Labute approximate surface area is 163 Å². The van der Waals surface area contributed by atoms with Gasteiger partial charge in [0.05, 0.1) is 13.2 Å². The van der Waals surface area contributed by atoms with Crippen molar-refractivity contribution in [3.8, 4) is 0 Å². The van der Waals surface area contributed by atoms with Gasteiger partial charge in [-0.15, -0.1) is 0 Å². The Hall–Kier alpha value is -3.03. The predicted octanol–water partition coefficient (Wildman–Crippen LogP) is 1.80. The number of rotatable bonds is 4. The Morgan fingerprint density at radius 3 is 2.79 bits per heavy atom. The molecular weight excluding hydrogens is 356 g/mol. The van der Waals surface area contributed by atoms with Crippen LogP contribution < -0.4 is 21.5 Å². The van der Waals surface area contributed by atoms with Gasteiger partial charge in [0.15, 0.2) is 0 Å². The molecule has 2 N–H and O–H groups in total. The lowest BCUT2D eigenvalue weighted by molar-refractivity contribution is 0.693. The first-order chi connectivity index (χ1) is 13.4. The van der Waals surface area contributed by atoms with Crippen molar-refractivity contribution in [2.24, 2.45) is 14.1 Å². The molecule has 0 unspecified atom stereocenters. The third-order valence-electron chi connectivity index (χ3n) is 5.51. The summed E-state index contributed by atoms with van der Waals surface area (Å²) in [6.07, 6.45) is 10.6. The average molecular weight is 382 g/mol. The van der Waals surface area contributed by atoms with Crippen molar-refractivity contribution in [3.63, 3.8) is 0 Å². The van der Waals surface area contributed by atoms with Crippen LogP contribution in [0.5, 0.6) is 0 Å². The second-order valence-electron chi connectivity index (χ2n) is 7.66. The van der Waals surface area contributed by atoms with Gasteiger partial charge in [0.1, 0.15) is 17.3 Å². The highest BCUT2D eigenvalue weighted by molar-refractivity contribution is 5.70. The first-order valence-corrected chi connectivity index (χ1v) is 9.61. The topological polar surface area (TPSA) is 87.9 Å². The fourth-order valence-electron chi connectivity index (χ4n) is 3.87. The number of anilines is 2. The molecule has 2 aromatic rings. The molecule has 0 radical (unpaired) electrons. The summed E-state index contributed by atoms with van der Waals surface area (Å²) in [4.78, 5) is 34.5. The molecule has 8 nitrogen and oxygen atoms in total. The highest BCUT2D eigenvalue weighted by Crippen LogP contribution is 2.26. The van der Waals surface area contributed by atoms with Crippen LogP contribution in [0.3, 0.4) is 0 Å². The molecule has 4 rings (SSSR count). The maximum atomic E-state index is 12.6. The lowest BCUT2D eigenvalue weighted by atomic mass is 10.1. The number of hydrogen-bond acceptors (Lipinski definition) is 5. The van der Waals surface area contributed by atoms with E-state index < -0.39 is 0 Å². The van der Waals surface area contributed by atoms with Gasteiger partial charge in [-0.1, -0.05) is 23.3 Å². The van der Waals surface area contributed by atoms with Crippen LogP contribution in [0.15, 0.2) is 39.1 Å². The summed E-state index contributed by atoms with van der Waals surface area (Å²) in [5, 5.41) is 3.15. The van der Waals surface area contributed by atoms with E-state index in [0.29, 0.717) is 24.7 Å².